The molecule has 4 heteroatoms. The molecule has 0 unspecified atom stereocenters. The Kier molecular flexibility index (Phi) is 2.40. The monoisotopic (exact) mass is 227 g/mol. The van der Waals surface area contributed by atoms with Crippen LogP contribution in [0.5, 0.6) is 0 Å². The lowest BCUT2D eigenvalue weighted by molar-refractivity contribution is 0.102. The lowest BCUT2D eigenvalue weighted by atomic mass is 10.2. The molecule has 0 bridgehead atoms. The van der Waals surface area contributed by atoms with Gasteiger partial charge in [0.1, 0.15) is 0 Å². The van der Waals surface area contributed by atoms with Crippen LogP contribution in [0.4, 0.5) is 5.69 Å². The summed E-state index contributed by atoms with van der Waals surface area (Å²) in [5.74, 6) is 0.417. The highest BCUT2D eigenvalue weighted by molar-refractivity contribution is 6.02. The van der Waals surface area contributed by atoms with Gasteiger partial charge in [-0.25, -0.2) is 0 Å². The molecule has 1 amide bonds. The number of aromatic amines is 1. The molecule has 1 fully saturated rings. The highest BCUT2D eigenvalue weighted by Crippen LogP contribution is 2.38. The Morgan fingerprint density at radius 2 is 2.06 bits per heavy atom. The Balaban J connectivity index is 1.72. The second-order valence-electron chi connectivity index (χ2n) is 4.30. The van der Waals surface area contributed by atoms with Gasteiger partial charge in [0, 0.05) is 17.3 Å². The van der Waals surface area contributed by atoms with Crippen molar-refractivity contribution in [1.82, 2.24) is 10.2 Å². The average Bonchev–Trinajstić information content (AvgIpc) is 3.08. The first-order valence-corrected chi connectivity index (χ1v) is 5.74. The molecule has 0 spiro atoms. The van der Waals surface area contributed by atoms with E-state index < -0.39 is 0 Å². The van der Waals surface area contributed by atoms with Crippen LogP contribution in [-0.4, -0.2) is 16.1 Å². The maximum absolute atomic E-state index is 11.9. The van der Waals surface area contributed by atoms with Gasteiger partial charge in [-0.1, -0.05) is 18.2 Å². The molecule has 17 heavy (non-hydrogen) atoms. The number of nitrogens with one attached hydrogen (secondary N) is 2. The molecular weight excluding hydrogens is 214 g/mol. The van der Waals surface area contributed by atoms with E-state index in [1.165, 1.54) is 12.8 Å². The minimum absolute atomic E-state index is 0.167. The smallest absolute Gasteiger partial charge is 0.276 e. The summed E-state index contributed by atoms with van der Waals surface area (Å²) in [6.07, 6.45) is 2.39. The van der Waals surface area contributed by atoms with Gasteiger partial charge in [-0.3, -0.25) is 9.89 Å². The molecule has 2 N–H and O–H groups in total. The third kappa shape index (κ3) is 2.20. The number of benzene rings is 1. The van der Waals surface area contributed by atoms with Crippen molar-refractivity contribution in [1.29, 1.82) is 0 Å². The first-order valence-electron chi connectivity index (χ1n) is 5.74. The zero-order valence-corrected chi connectivity index (χ0v) is 9.31. The number of hydrogen-bond donors (Lipinski definition) is 2. The first kappa shape index (κ1) is 10.1. The maximum atomic E-state index is 11.9. The van der Waals surface area contributed by atoms with Crippen molar-refractivity contribution in [3.05, 3.63) is 47.8 Å². The summed E-state index contributed by atoms with van der Waals surface area (Å²) < 4.78 is 0. The highest BCUT2D eigenvalue weighted by atomic mass is 16.1. The summed E-state index contributed by atoms with van der Waals surface area (Å²) in [5.41, 5.74) is 2.31. The summed E-state index contributed by atoms with van der Waals surface area (Å²) in [7, 11) is 0. The Morgan fingerprint density at radius 3 is 2.76 bits per heavy atom. The lowest BCUT2D eigenvalue weighted by Gasteiger charge is -2.01. The molecule has 86 valence electrons. The number of amides is 1. The van der Waals surface area contributed by atoms with Crippen LogP contribution < -0.4 is 5.32 Å². The van der Waals surface area contributed by atoms with Gasteiger partial charge in [-0.05, 0) is 31.0 Å². The topological polar surface area (TPSA) is 57.8 Å². The number of carbonyl (C=O) groups is 1. The first-order chi connectivity index (χ1) is 8.33. The summed E-state index contributed by atoms with van der Waals surface area (Å²) in [4.78, 5) is 11.9. The summed E-state index contributed by atoms with van der Waals surface area (Å²) in [6, 6.07) is 11.2. The second-order valence-corrected chi connectivity index (χ2v) is 4.30. The fourth-order valence-electron chi connectivity index (χ4n) is 1.77. The van der Waals surface area contributed by atoms with Crippen LogP contribution in [0.1, 0.15) is 34.9 Å². The molecule has 0 saturated heterocycles. The molecule has 2 aromatic rings. The molecule has 3 rings (SSSR count). The molecule has 4 nitrogen and oxygen atoms in total. The largest absolute Gasteiger partial charge is 0.321 e. The molecule has 0 atom stereocenters. The van der Waals surface area contributed by atoms with Gasteiger partial charge in [0.25, 0.3) is 5.91 Å². The predicted molar refractivity (Wildman–Crippen MR) is 65.0 cm³/mol. The Morgan fingerprint density at radius 1 is 1.29 bits per heavy atom. The van der Waals surface area contributed by atoms with Gasteiger partial charge in [0.15, 0.2) is 5.69 Å². The number of H-pyrrole nitrogens is 1. The SMILES string of the molecule is O=C(Nc1ccccc1)c1cc(C2CC2)[nH]n1. The van der Waals surface area contributed by atoms with E-state index in [0.717, 1.165) is 11.4 Å². The van der Waals surface area contributed by atoms with Crippen molar-refractivity contribution in [3.8, 4) is 0 Å². The molecule has 1 heterocycles. The standard InChI is InChI=1S/C13H13N3O/c17-13(14-10-4-2-1-3-5-10)12-8-11(15-16-12)9-6-7-9/h1-5,8-9H,6-7H2,(H,14,17)(H,15,16). The van der Waals surface area contributed by atoms with Crippen molar-refractivity contribution in [3.63, 3.8) is 0 Å². The van der Waals surface area contributed by atoms with Crippen LogP contribution in [-0.2, 0) is 0 Å². The molecule has 1 aromatic heterocycles. The molecule has 1 aliphatic carbocycles. The van der Waals surface area contributed by atoms with Gasteiger partial charge >= 0.3 is 0 Å². The zero-order chi connectivity index (χ0) is 11.7. The van der Waals surface area contributed by atoms with E-state index in [2.05, 4.69) is 15.5 Å². The Hall–Kier alpha value is -2.10. The fourth-order valence-corrected chi connectivity index (χ4v) is 1.77. The van der Waals surface area contributed by atoms with E-state index in [9.17, 15) is 4.79 Å². The molecule has 1 aromatic carbocycles. The molecular formula is C13H13N3O. The Bertz CT molecular complexity index is 529. The minimum atomic E-state index is -0.167. The van der Waals surface area contributed by atoms with Crippen molar-refractivity contribution >= 4 is 11.6 Å². The number of aromatic nitrogens is 2. The van der Waals surface area contributed by atoms with Gasteiger partial charge in [0.05, 0.1) is 0 Å². The van der Waals surface area contributed by atoms with Crippen molar-refractivity contribution in [2.45, 2.75) is 18.8 Å². The van der Waals surface area contributed by atoms with Gasteiger partial charge in [-0.2, -0.15) is 5.10 Å². The third-order valence-electron chi connectivity index (χ3n) is 2.88. The number of hydrogen-bond acceptors (Lipinski definition) is 2. The van der Waals surface area contributed by atoms with Crippen LogP contribution in [0, 0.1) is 0 Å². The van der Waals surface area contributed by atoms with Crippen molar-refractivity contribution in [2.75, 3.05) is 5.32 Å². The van der Waals surface area contributed by atoms with Crippen LogP contribution in [0.2, 0.25) is 0 Å². The molecule has 1 aliphatic rings. The van der Waals surface area contributed by atoms with E-state index in [1.807, 2.05) is 36.4 Å². The van der Waals surface area contributed by atoms with Gasteiger partial charge < -0.3 is 5.32 Å². The van der Waals surface area contributed by atoms with E-state index >= 15 is 0 Å². The molecule has 0 aliphatic heterocycles. The number of para-hydroxylation sites is 1. The van der Waals surface area contributed by atoms with E-state index in [4.69, 9.17) is 0 Å². The van der Waals surface area contributed by atoms with Gasteiger partial charge in [-0.15, -0.1) is 0 Å². The number of anilines is 1. The minimum Gasteiger partial charge on any atom is -0.321 e. The average molecular weight is 227 g/mol. The summed E-state index contributed by atoms with van der Waals surface area (Å²) in [6.45, 7) is 0. The number of nitrogens with zero attached hydrogens (tertiary/aromatic N) is 1. The highest BCUT2D eigenvalue weighted by Gasteiger charge is 2.26. The van der Waals surface area contributed by atoms with Crippen LogP contribution in [0.3, 0.4) is 0 Å². The molecule has 0 radical (unpaired) electrons. The number of rotatable bonds is 3. The Labute approximate surface area is 99.1 Å². The third-order valence-corrected chi connectivity index (χ3v) is 2.88. The van der Waals surface area contributed by atoms with Crippen LogP contribution in [0.15, 0.2) is 36.4 Å². The van der Waals surface area contributed by atoms with E-state index in [-0.39, 0.29) is 5.91 Å². The fraction of sp³-hybridized carbons (Fsp3) is 0.231. The van der Waals surface area contributed by atoms with E-state index in [0.29, 0.717) is 11.6 Å². The molecule has 1 saturated carbocycles. The normalized spacial score (nSPS) is 14.6. The van der Waals surface area contributed by atoms with Crippen molar-refractivity contribution in [2.24, 2.45) is 0 Å². The van der Waals surface area contributed by atoms with Gasteiger partial charge in [0.2, 0.25) is 0 Å². The number of carbonyl (C=O) groups excluding carboxylic acids is 1. The maximum Gasteiger partial charge on any atom is 0.276 e. The summed E-state index contributed by atoms with van der Waals surface area (Å²) >= 11 is 0. The quantitative estimate of drug-likeness (QED) is 0.846. The van der Waals surface area contributed by atoms with Crippen LogP contribution >= 0.6 is 0 Å². The zero-order valence-electron chi connectivity index (χ0n) is 9.31. The second kappa shape index (κ2) is 4.05. The summed E-state index contributed by atoms with van der Waals surface area (Å²) in [5, 5.41) is 9.77. The van der Waals surface area contributed by atoms with E-state index in [1.54, 1.807) is 0 Å². The lowest BCUT2D eigenvalue weighted by Crippen LogP contribution is -2.12. The van der Waals surface area contributed by atoms with Crippen molar-refractivity contribution < 1.29 is 4.79 Å². The van der Waals surface area contributed by atoms with Crippen LogP contribution in [0.25, 0.3) is 0 Å². The predicted octanol–water partition coefficient (Wildman–Crippen LogP) is 2.54.